The van der Waals surface area contributed by atoms with Gasteiger partial charge in [-0.3, -0.25) is 0 Å². The summed E-state index contributed by atoms with van der Waals surface area (Å²) in [6, 6.07) is 0.413. The molecule has 1 aromatic heterocycles. The lowest BCUT2D eigenvalue weighted by atomic mass is 9.84. The van der Waals surface area contributed by atoms with E-state index in [4.69, 9.17) is 5.11 Å². The molecule has 0 aliphatic heterocycles. The van der Waals surface area contributed by atoms with Gasteiger partial charge in [-0.1, -0.05) is 13.3 Å². The van der Waals surface area contributed by atoms with Crippen molar-refractivity contribution in [3.63, 3.8) is 0 Å². The highest BCUT2D eigenvalue weighted by atomic mass is 32.1. The molecule has 17 heavy (non-hydrogen) atoms. The van der Waals surface area contributed by atoms with Crippen molar-refractivity contribution in [3.8, 4) is 0 Å². The maximum Gasteiger partial charge on any atom is 0.357 e. The predicted molar refractivity (Wildman–Crippen MR) is 68.7 cm³/mol. The Labute approximate surface area is 105 Å². The minimum Gasteiger partial charge on any atom is -0.476 e. The van der Waals surface area contributed by atoms with E-state index in [0.717, 1.165) is 18.8 Å². The van der Waals surface area contributed by atoms with Crippen LogP contribution >= 0.6 is 11.3 Å². The first-order chi connectivity index (χ1) is 8.20. The third-order valence-electron chi connectivity index (χ3n) is 3.53. The Morgan fingerprint density at radius 1 is 1.53 bits per heavy atom. The number of carboxylic acids is 1. The van der Waals surface area contributed by atoms with Gasteiger partial charge in [0.2, 0.25) is 0 Å². The smallest absolute Gasteiger partial charge is 0.357 e. The summed E-state index contributed by atoms with van der Waals surface area (Å²) in [7, 11) is 0. The van der Waals surface area contributed by atoms with E-state index in [2.05, 4.69) is 17.2 Å². The van der Waals surface area contributed by atoms with Crippen LogP contribution in [0.1, 0.15) is 49.5 Å². The van der Waals surface area contributed by atoms with Crippen molar-refractivity contribution >= 4 is 22.3 Å². The van der Waals surface area contributed by atoms with Crippen LogP contribution in [-0.4, -0.2) is 22.1 Å². The SMILES string of the molecule is CCC1CCC(Nc2scnc2C(=O)O)CC1. The zero-order valence-electron chi connectivity index (χ0n) is 9.98. The van der Waals surface area contributed by atoms with Gasteiger partial charge in [0, 0.05) is 6.04 Å². The Bertz CT molecular complexity index is 384. The van der Waals surface area contributed by atoms with Crippen LogP contribution in [0.15, 0.2) is 5.51 Å². The van der Waals surface area contributed by atoms with Crippen LogP contribution in [-0.2, 0) is 0 Å². The van der Waals surface area contributed by atoms with Crippen LogP contribution in [0.4, 0.5) is 5.00 Å². The van der Waals surface area contributed by atoms with Crippen LogP contribution in [0.3, 0.4) is 0 Å². The molecule has 5 heteroatoms. The number of aromatic nitrogens is 1. The van der Waals surface area contributed by atoms with Gasteiger partial charge in [-0.2, -0.15) is 0 Å². The monoisotopic (exact) mass is 254 g/mol. The molecule has 0 bridgehead atoms. The van der Waals surface area contributed by atoms with E-state index in [1.165, 1.54) is 30.6 Å². The first-order valence-corrected chi connectivity index (χ1v) is 7.02. The van der Waals surface area contributed by atoms with Crippen LogP contribution < -0.4 is 5.32 Å². The fourth-order valence-electron chi connectivity index (χ4n) is 2.40. The topological polar surface area (TPSA) is 62.2 Å². The zero-order valence-corrected chi connectivity index (χ0v) is 10.8. The molecular weight excluding hydrogens is 236 g/mol. The molecule has 0 aromatic carbocycles. The summed E-state index contributed by atoms with van der Waals surface area (Å²) in [5, 5.41) is 13.0. The normalized spacial score (nSPS) is 24.5. The molecule has 1 aromatic rings. The highest BCUT2D eigenvalue weighted by molar-refractivity contribution is 7.14. The second kappa shape index (κ2) is 5.49. The minimum atomic E-state index is -0.948. The fraction of sp³-hybridized carbons (Fsp3) is 0.667. The number of anilines is 1. The van der Waals surface area contributed by atoms with Gasteiger partial charge < -0.3 is 10.4 Å². The molecule has 0 unspecified atom stereocenters. The first kappa shape index (κ1) is 12.4. The molecule has 0 spiro atoms. The highest BCUT2D eigenvalue weighted by Gasteiger charge is 2.22. The summed E-state index contributed by atoms with van der Waals surface area (Å²) >= 11 is 1.38. The molecule has 1 heterocycles. The molecular formula is C12H18N2O2S. The van der Waals surface area contributed by atoms with E-state index in [1.54, 1.807) is 5.51 Å². The summed E-state index contributed by atoms with van der Waals surface area (Å²) < 4.78 is 0. The predicted octanol–water partition coefficient (Wildman–Crippen LogP) is 3.22. The third kappa shape index (κ3) is 2.97. The average molecular weight is 254 g/mol. The average Bonchev–Trinajstić information content (AvgIpc) is 2.78. The first-order valence-electron chi connectivity index (χ1n) is 6.14. The maximum absolute atomic E-state index is 10.9. The number of hydrogen-bond acceptors (Lipinski definition) is 4. The number of carbonyl (C=O) groups is 1. The number of nitrogens with zero attached hydrogens (tertiary/aromatic N) is 1. The lowest BCUT2D eigenvalue weighted by molar-refractivity contribution is 0.0692. The van der Waals surface area contributed by atoms with E-state index in [9.17, 15) is 4.79 Å². The molecule has 1 aliphatic carbocycles. The second-order valence-corrected chi connectivity index (χ2v) is 5.46. The third-order valence-corrected chi connectivity index (χ3v) is 4.29. The minimum absolute atomic E-state index is 0.160. The fourth-order valence-corrected chi connectivity index (χ4v) is 3.15. The summed E-state index contributed by atoms with van der Waals surface area (Å²) in [4.78, 5) is 14.8. The van der Waals surface area contributed by atoms with Crippen molar-refractivity contribution < 1.29 is 9.90 Å². The number of aromatic carboxylic acids is 1. The van der Waals surface area contributed by atoms with Gasteiger partial charge in [0.05, 0.1) is 5.51 Å². The van der Waals surface area contributed by atoms with E-state index >= 15 is 0 Å². The lowest BCUT2D eigenvalue weighted by Crippen LogP contribution is -2.26. The number of carboxylic acid groups (broad SMARTS) is 1. The highest BCUT2D eigenvalue weighted by Crippen LogP contribution is 2.30. The van der Waals surface area contributed by atoms with Crippen LogP contribution in [0.2, 0.25) is 0 Å². The second-order valence-electron chi connectivity index (χ2n) is 4.61. The molecule has 0 atom stereocenters. The van der Waals surface area contributed by atoms with Crippen molar-refractivity contribution in [2.24, 2.45) is 5.92 Å². The van der Waals surface area contributed by atoms with Gasteiger partial charge in [0.15, 0.2) is 5.69 Å². The molecule has 0 saturated heterocycles. The molecule has 1 saturated carbocycles. The van der Waals surface area contributed by atoms with Crippen molar-refractivity contribution in [2.75, 3.05) is 5.32 Å². The van der Waals surface area contributed by atoms with Gasteiger partial charge in [-0.25, -0.2) is 9.78 Å². The molecule has 1 fully saturated rings. The molecule has 4 nitrogen and oxygen atoms in total. The van der Waals surface area contributed by atoms with Gasteiger partial charge in [-0.05, 0) is 31.6 Å². The molecule has 94 valence electrons. The standard InChI is InChI=1S/C12H18N2O2S/c1-2-8-3-5-9(6-4-8)14-11-10(12(15)16)13-7-17-11/h7-9,14H,2-6H2,1H3,(H,15,16). The van der Waals surface area contributed by atoms with E-state index in [0.29, 0.717) is 11.0 Å². The Kier molecular flexibility index (Phi) is 3.99. The van der Waals surface area contributed by atoms with E-state index in [-0.39, 0.29) is 5.69 Å². The quantitative estimate of drug-likeness (QED) is 0.866. The Balaban J connectivity index is 1.93. The summed E-state index contributed by atoms with van der Waals surface area (Å²) in [6.45, 7) is 2.24. The number of rotatable bonds is 4. The Hall–Kier alpha value is -1.10. The Morgan fingerprint density at radius 2 is 2.24 bits per heavy atom. The number of thiazole rings is 1. The summed E-state index contributed by atoms with van der Waals surface area (Å²) in [6.07, 6.45) is 6.02. The molecule has 2 N–H and O–H groups in total. The van der Waals surface area contributed by atoms with E-state index < -0.39 is 5.97 Å². The summed E-state index contributed by atoms with van der Waals surface area (Å²) in [5.41, 5.74) is 1.75. The summed E-state index contributed by atoms with van der Waals surface area (Å²) in [5.74, 6) is -0.0931. The van der Waals surface area contributed by atoms with E-state index in [1.807, 2.05) is 0 Å². The molecule has 0 radical (unpaired) electrons. The van der Waals surface area contributed by atoms with Gasteiger partial charge in [0.25, 0.3) is 0 Å². The van der Waals surface area contributed by atoms with Crippen molar-refractivity contribution in [2.45, 2.75) is 45.1 Å². The number of nitrogens with one attached hydrogen (secondary N) is 1. The van der Waals surface area contributed by atoms with Crippen molar-refractivity contribution in [3.05, 3.63) is 11.2 Å². The van der Waals surface area contributed by atoms with Crippen molar-refractivity contribution in [1.29, 1.82) is 0 Å². The zero-order chi connectivity index (χ0) is 12.3. The van der Waals surface area contributed by atoms with Gasteiger partial charge >= 0.3 is 5.97 Å². The lowest BCUT2D eigenvalue weighted by Gasteiger charge is -2.28. The van der Waals surface area contributed by atoms with Gasteiger partial charge in [-0.15, -0.1) is 11.3 Å². The van der Waals surface area contributed by atoms with Crippen molar-refractivity contribution in [1.82, 2.24) is 4.98 Å². The van der Waals surface area contributed by atoms with Gasteiger partial charge in [0.1, 0.15) is 5.00 Å². The molecule has 2 rings (SSSR count). The van der Waals surface area contributed by atoms with Crippen LogP contribution in [0, 0.1) is 5.92 Å². The molecule has 0 amide bonds. The van der Waals surface area contributed by atoms with Crippen LogP contribution in [0.25, 0.3) is 0 Å². The Morgan fingerprint density at radius 3 is 2.82 bits per heavy atom. The maximum atomic E-state index is 10.9. The van der Waals surface area contributed by atoms with Crippen LogP contribution in [0.5, 0.6) is 0 Å². The largest absolute Gasteiger partial charge is 0.476 e. The number of hydrogen-bond donors (Lipinski definition) is 2. The molecule has 1 aliphatic rings.